The standard InChI is InChI=1S/C36H43N9O3.ClH/c37-22-24-3-7-28(8-4-24)35(47)41-32(36(48)40-30-15-13-27(14-16-30)33-42-44-45-43-33)21-23-1-5-25(6-2-23)26-9-11-29(12-10-26)34(46)39-31-17-19-38-20-18-31;/h1-2,5-6,9-16,24,28,31-32,38H,3-4,7-8,17-22,37H2,(H,39,46)(H,40,48)(H,41,47)(H,42,43,44,45);1H/t24?,28?,32-;/m0./s1. The van der Waals surface area contributed by atoms with E-state index in [-0.39, 0.29) is 42.1 Å². The quantitative estimate of drug-likeness (QED) is 0.138. The third-order valence-electron chi connectivity index (χ3n) is 9.49. The van der Waals surface area contributed by atoms with Gasteiger partial charge in [-0.2, -0.15) is 5.21 Å². The molecule has 3 amide bonds. The maximum Gasteiger partial charge on any atom is 0.251 e. The average Bonchev–Trinajstić information content (AvgIpc) is 3.68. The number of piperidine rings is 1. The molecule has 12 nitrogen and oxygen atoms in total. The zero-order valence-corrected chi connectivity index (χ0v) is 28.2. The summed E-state index contributed by atoms with van der Waals surface area (Å²) in [6.45, 7) is 2.48. The Morgan fingerprint density at radius 1 is 0.816 bits per heavy atom. The Morgan fingerprint density at radius 2 is 1.45 bits per heavy atom. The van der Waals surface area contributed by atoms with E-state index in [1.807, 2.05) is 48.5 Å². The first-order valence-electron chi connectivity index (χ1n) is 16.8. The van der Waals surface area contributed by atoms with Crippen molar-refractivity contribution in [1.29, 1.82) is 0 Å². The van der Waals surface area contributed by atoms with E-state index in [1.165, 1.54) is 0 Å². The highest BCUT2D eigenvalue weighted by atomic mass is 35.5. The minimum absolute atomic E-state index is 0. The van der Waals surface area contributed by atoms with Gasteiger partial charge in [-0.1, -0.05) is 36.4 Å². The number of carbonyl (C=O) groups is 3. The van der Waals surface area contributed by atoms with Gasteiger partial charge in [0, 0.05) is 35.2 Å². The number of anilines is 1. The molecular formula is C36H44ClN9O3. The van der Waals surface area contributed by atoms with Crippen LogP contribution in [0.4, 0.5) is 5.69 Å². The number of tetrazole rings is 1. The number of benzene rings is 3. The van der Waals surface area contributed by atoms with Crippen LogP contribution in [0.25, 0.3) is 22.5 Å². The number of nitrogens with one attached hydrogen (secondary N) is 5. The fourth-order valence-corrected chi connectivity index (χ4v) is 6.49. The predicted octanol–water partition coefficient (Wildman–Crippen LogP) is 3.87. The minimum atomic E-state index is -0.773. The molecule has 1 aliphatic heterocycles. The molecule has 13 heteroatoms. The SMILES string of the molecule is Cl.NCC1CCC(C(=O)N[C@@H](Cc2ccc(-c3ccc(C(=O)NC4CCNCC4)cc3)cc2)C(=O)Nc2ccc(-c3nn[nH]n3)cc2)CC1. The highest BCUT2D eigenvalue weighted by Crippen LogP contribution is 2.29. The summed E-state index contributed by atoms with van der Waals surface area (Å²) < 4.78 is 0. The van der Waals surface area contributed by atoms with Gasteiger partial charge in [-0.05, 0) is 122 Å². The van der Waals surface area contributed by atoms with E-state index in [0.29, 0.717) is 36.0 Å². The van der Waals surface area contributed by atoms with E-state index < -0.39 is 6.04 Å². The van der Waals surface area contributed by atoms with Crippen molar-refractivity contribution in [3.63, 3.8) is 0 Å². The molecule has 1 saturated heterocycles. The number of aromatic nitrogens is 4. The lowest BCUT2D eigenvalue weighted by molar-refractivity contribution is -0.130. The summed E-state index contributed by atoms with van der Waals surface area (Å²) in [5.41, 5.74) is 10.7. The Kier molecular flexibility index (Phi) is 12.5. The number of nitrogens with two attached hydrogens (primary N) is 1. The summed E-state index contributed by atoms with van der Waals surface area (Å²) in [5.74, 6) is 0.331. The number of hydrogen-bond donors (Lipinski definition) is 6. The molecule has 1 aliphatic carbocycles. The third kappa shape index (κ3) is 9.50. The van der Waals surface area contributed by atoms with Gasteiger partial charge in [-0.25, -0.2) is 0 Å². The van der Waals surface area contributed by atoms with Crippen LogP contribution >= 0.6 is 12.4 Å². The highest BCUT2D eigenvalue weighted by molar-refractivity contribution is 5.98. The van der Waals surface area contributed by atoms with Crippen LogP contribution in [0.1, 0.15) is 54.4 Å². The fourth-order valence-electron chi connectivity index (χ4n) is 6.49. The van der Waals surface area contributed by atoms with E-state index in [9.17, 15) is 14.4 Å². The van der Waals surface area contributed by atoms with Gasteiger partial charge in [0.15, 0.2) is 0 Å². The molecule has 7 N–H and O–H groups in total. The van der Waals surface area contributed by atoms with Gasteiger partial charge in [-0.15, -0.1) is 22.6 Å². The van der Waals surface area contributed by atoms with Crippen molar-refractivity contribution >= 4 is 35.8 Å². The highest BCUT2D eigenvalue weighted by Gasteiger charge is 2.29. The van der Waals surface area contributed by atoms with Crippen molar-refractivity contribution in [2.75, 3.05) is 25.0 Å². The Balaban J connectivity index is 0.00000468. The topological polar surface area (TPSA) is 180 Å². The molecule has 0 bridgehead atoms. The van der Waals surface area contributed by atoms with Crippen molar-refractivity contribution < 1.29 is 14.4 Å². The van der Waals surface area contributed by atoms with Crippen LogP contribution < -0.4 is 27.0 Å². The van der Waals surface area contributed by atoms with Gasteiger partial charge in [0.2, 0.25) is 17.6 Å². The molecule has 0 radical (unpaired) electrons. The molecule has 6 rings (SSSR count). The number of carbonyl (C=O) groups excluding carboxylic acids is 3. The number of nitrogens with zero attached hydrogens (tertiary/aromatic N) is 3. The second kappa shape index (κ2) is 17.1. The van der Waals surface area contributed by atoms with Crippen LogP contribution in [-0.4, -0.2) is 70.1 Å². The predicted molar refractivity (Wildman–Crippen MR) is 191 cm³/mol. The normalized spacial score (nSPS) is 18.5. The average molecular weight is 686 g/mol. The van der Waals surface area contributed by atoms with Crippen molar-refractivity contribution in [1.82, 2.24) is 36.6 Å². The molecule has 1 aromatic heterocycles. The van der Waals surface area contributed by atoms with Crippen LogP contribution in [0.15, 0.2) is 72.8 Å². The fraction of sp³-hybridized carbons (Fsp3) is 0.389. The molecule has 2 fully saturated rings. The van der Waals surface area contributed by atoms with Gasteiger partial charge in [0.25, 0.3) is 5.91 Å². The molecule has 0 unspecified atom stereocenters. The molecule has 49 heavy (non-hydrogen) atoms. The van der Waals surface area contributed by atoms with Gasteiger partial charge in [0.05, 0.1) is 0 Å². The van der Waals surface area contributed by atoms with Crippen LogP contribution in [-0.2, 0) is 16.0 Å². The van der Waals surface area contributed by atoms with E-state index >= 15 is 0 Å². The van der Waals surface area contributed by atoms with E-state index in [0.717, 1.165) is 73.9 Å². The number of H-pyrrole nitrogens is 1. The largest absolute Gasteiger partial charge is 0.349 e. The number of halogens is 1. The maximum atomic E-state index is 13.6. The molecule has 2 heterocycles. The molecule has 1 atom stereocenters. The molecule has 3 aromatic carbocycles. The van der Waals surface area contributed by atoms with E-state index in [4.69, 9.17) is 5.73 Å². The van der Waals surface area contributed by atoms with Gasteiger partial charge in [-0.3, -0.25) is 14.4 Å². The molecule has 2 aliphatic rings. The van der Waals surface area contributed by atoms with Crippen LogP contribution in [0, 0.1) is 11.8 Å². The molecular weight excluding hydrogens is 642 g/mol. The Morgan fingerprint density at radius 3 is 2.06 bits per heavy atom. The number of aromatic amines is 1. The van der Waals surface area contributed by atoms with Gasteiger partial charge >= 0.3 is 0 Å². The van der Waals surface area contributed by atoms with Gasteiger partial charge < -0.3 is 27.0 Å². The summed E-state index contributed by atoms with van der Waals surface area (Å²) in [6, 6.07) is 22.1. The monoisotopic (exact) mass is 685 g/mol. The number of rotatable bonds is 11. The van der Waals surface area contributed by atoms with Crippen molar-refractivity contribution in [3.05, 3.63) is 83.9 Å². The summed E-state index contributed by atoms with van der Waals surface area (Å²) >= 11 is 0. The third-order valence-corrected chi connectivity index (χ3v) is 9.49. The maximum absolute atomic E-state index is 13.6. The molecule has 0 spiro atoms. The first kappa shape index (κ1) is 35.7. The van der Waals surface area contributed by atoms with E-state index in [1.54, 1.807) is 24.3 Å². The van der Waals surface area contributed by atoms with Crippen molar-refractivity contribution in [2.24, 2.45) is 17.6 Å². The molecule has 4 aromatic rings. The Hall–Kier alpha value is -4.65. The number of hydrogen-bond acceptors (Lipinski definition) is 8. The molecule has 1 saturated carbocycles. The van der Waals surface area contributed by atoms with Crippen molar-refractivity contribution in [2.45, 2.75) is 57.0 Å². The smallest absolute Gasteiger partial charge is 0.251 e. The summed E-state index contributed by atoms with van der Waals surface area (Å²) in [7, 11) is 0. The van der Waals surface area contributed by atoms with Crippen LogP contribution in [0.3, 0.4) is 0 Å². The second-order valence-corrected chi connectivity index (χ2v) is 12.8. The molecule has 258 valence electrons. The zero-order valence-electron chi connectivity index (χ0n) is 27.4. The first-order chi connectivity index (χ1) is 23.4. The van der Waals surface area contributed by atoms with Gasteiger partial charge in [0.1, 0.15) is 6.04 Å². The summed E-state index contributed by atoms with van der Waals surface area (Å²) in [4.78, 5) is 39.7. The lowest BCUT2D eigenvalue weighted by atomic mass is 9.81. The second-order valence-electron chi connectivity index (χ2n) is 12.8. The lowest BCUT2D eigenvalue weighted by Crippen LogP contribution is -2.48. The summed E-state index contributed by atoms with van der Waals surface area (Å²) in [6.07, 6.45) is 5.58. The first-order valence-corrected chi connectivity index (χ1v) is 16.8. The van der Waals surface area contributed by atoms with Crippen molar-refractivity contribution in [3.8, 4) is 22.5 Å². The van der Waals surface area contributed by atoms with Crippen LogP contribution in [0.5, 0.6) is 0 Å². The lowest BCUT2D eigenvalue weighted by Gasteiger charge is -2.28. The minimum Gasteiger partial charge on any atom is -0.349 e. The Labute approximate surface area is 292 Å². The summed E-state index contributed by atoms with van der Waals surface area (Å²) in [5, 5.41) is 26.5. The Bertz CT molecular complexity index is 1650. The number of amides is 3. The zero-order chi connectivity index (χ0) is 33.3. The van der Waals surface area contributed by atoms with E-state index in [2.05, 4.69) is 41.9 Å². The van der Waals surface area contributed by atoms with Crippen LogP contribution in [0.2, 0.25) is 0 Å².